The zero-order valence-electron chi connectivity index (χ0n) is 26.4. The minimum absolute atomic E-state index is 0.0266. The molecule has 7 rings (SSSR count). The van der Waals surface area contributed by atoms with Gasteiger partial charge in [-0.1, -0.05) is 24.3 Å². The van der Waals surface area contributed by atoms with Gasteiger partial charge in [0.05, 0.1) is 11.7 Å². The van der Waals surface area contributed by atoms with Crippen molar-refractivity contribution in [3.63, 3.8) is 0 Å². The third kappa shape index (κ3) is 6.68. The molecular weight excluding hydrogens is 582 g/mol. The van der Waals surface area contributed by atoms with Gasteiger partial charge in [0.1, 0.15) is 6.04 Å². The van der Waals surface area contributed by atoms with Crippen LogP contribution >= 0.6 is 0 Å². The number of fused-ring (bicyclic) bond motifs is 2. The van der Waals surface area contributed by atoms with Gasteiger partial charge >= 0.3 is 12.1 Å². The number of para-hydroxylation sites is 1. The van der Waals surface area contributed by atoms with Crippen LogP contribution in [0.2, 0.25) is 0 Å². The summed E-state index contributed by atoms with van der Waals surface area (Å²) in [5.41, 5.74) is 3.94. The third-order valence-electron chi connectivity index (χ3n) is 10.3. The summed E-state index contributed by atoms with van der Waals surface area (Å²) < 4.78 is 0. The Bertz CT molecular complexity index is 1540. The van der Waals surface area contributed by atoms with Gasteiger partial charge in [0.2, 0.25) is 5.91 Å². The number of likely N-dealkylation sites (tertiary alicyclic amines) is 1. The molecule has 4 aliphatic heterocycles. The number of hydrogen-bond acceptors (Lipinski definition) is 6. The minimum atomic E-state index is -0.671. The molecule has 1 unspecified atom stereocenters. The molecule has 0 saturated carbocycles. The zero-order chi connectivity index (χ0) is 31.5. The molecular formula is C34H45N9O3. The highest BCUT2D eigenvalue weighted by molar-refractivity contribution is 5.91. The first-order valence-corrected chi connectivity index (χ1v) is 16.9. The van der Waals surface area contributed by atoms with Gasteiger partial charge in [-0.15, -0.1) is 0 Å². The fourth-order valence-electron chi connectivity index (χ4n) is 7.61. The number of carbonyl (C=O) groups is 3. The molecule has 0 radical (unpaired) electrons. The van der Waals surface area contributed by atoms with E-state index in [9.17, 15) is 14.4 Å². The van der Waals surface area contributed by atoms with Crippen LogP contribution in [0.15, 0.2) is 48.7 Å². The summed E-state index contributed by atoms with van der Waals surface area (Å²) in [5, 5.41) is 17.7. The maximum absolute atomic E-state index is 14.0. The second-order valence-corrected chi connectivity index (χ2v) is 13.1. The molecule has 1 aromatic heterocycles. The van der Waals surface area contributed by atoms with Crippen LogP contribution in [0.5, 0.6) is 0 Å². The highest BCUT2D eigenvalue weighted by atomic mass is 16.2. The van der Waals surface area contributed by atoms with Crippen molar-refractivity contribution in [3.8, 4) is 0 Å². The average Bonchev–Trinajstić information content (AvgIpc) is 3.50. The molecule has 4 N–H and O–H groups in total. The summed E-state index contributed by atoms with van der Waals surface area (Å²) in [6.07, 6.45) is 6.69. The fraction of sp³-hybridized carbons (Fsp3) is 0.529. The van der Waals surface area contributed by atoms with E-state index in [1.807, 2.05) is 46.2 Å². The largest absolute Gasteiger partial charge is 0.338 e. The Balaban J connectivity index is 0.986. The molecule has 46 heavy (non-hydrogen) atoms. The Kier molecular flexibility index (Phi) is 9.07. The summed E-state index contributed by atoms with van der Waals surface area (Å²) >= 11 is 0. The Hall–Kier alpha value is -4.16. The van der Waals surface area contributed by atoms with Gasteiger partial charge in [0.25, 0.3) is 0 Å². The molecule has 0 spiro atoms. The number of carbonyl (C=O) groups excluding carboxylic acids is 3. The molecule has 5 heterocycles. The summed E-state index contributed by atoms with van der Waals surface area (Å²) in [7, 11) is 0. The molecule has 5 amide bonds. The first-order chi connectivity index (χ1) is 22.5. The number of urea groups is 2. The van der Waals surface area contributed by atoms with Crippen LogP contribution in [-0.4, -0.2) is 125 Å². The predicted octanol–water partition coefficient (Wildman–Crippen LogP) is 2.63. The lowest BCUT2D eigenvalue weighted by Crippen LogP contribution is -2.59. The average molecular weight is 628 g/mol. The lowest BCUT2D eigenvalue weighted by molar-refractivity contribution is -0.135. The van der Waals surface area contributed by atoms with E-state index in [0.717, 1.165) is 73.2 Å². The SMILES string of the molecule is O=C(NC(Cc1ccc2[nH]ncc2c1)C(=O)N1CCN(C2CCNCC2)CC1)N1CCC(N2CCc3ccccc3NC2=O)CC1. The van der Waals surface area contributed by atoms with Crippen molar-refractivity contribution in [1.29, 1.82) is 0 Å². The molecule has 12 heteroatoms. The molecule has 3 saturated heterocycles. The number of H-pyrrole nitrogens is 1. The summed E-state index contributed by atoms with van der Waals surface area (Å²) in [6.45, 7) is 6.88. The quantitative estimate of drug-likeness (QED) is 0.333. The van der Waals surface area contributed by atoms with Crippen LogP contribution in [0.1, 0.15) is 36.8 Å². The molecule has 1 atom stereocenters. The van der Waals surface area contributed by atoms with Crippen molar-refractivity contribution < 1.29 is 14.4 Å². The highest BCUT2D eigenvalue weighted by Gasteiger charge is 2.35. The maximum Gasteiger partial charge on any atom is 0.322 e. The summed E-state index contributed by atoms with van der Waals surface area (Å²) in [6, 6.07) is 13.6. The van der Waals surface area contributed by atoms with Crippen molar-refractivity contribution in [2.75, 3.05) is 64.2 Å². The number of anilines is 1. The van der Waals surface area contributed by atoms with E-state index < -0.39 is 6.04 Å². The van der Waals surface area contributed by atoms with Gasteiger partial charge in [-0.05, 0) is 74.5 Å². The third-order valence-corrected chi connectivity index (χ3v) is 10.3. The monoisotopic (exact) mass is 627 g/mol. The first-order valence-electron chi connectivity index (χ1n) is 16.9. The van der Waals surface area contributed by atoms with Crippen LogP contribution in [-0.2, 0) is 17.6 Å². The number of hydrogen-bond donors (Lipinski definition) is 4. The van der Waals surface area contributed by atoms with Crippen molar-refractivity contribution in [1.82, 2.24) is 40.4 Å². The Morgan fingerprint density at radius 2 is 1.67 bits per heavy atom. The van der Waals surface area contributed by atoms with E-state index in [0.29, 0.717) is 58.0 Å². The van der Waals surface area contributed by atoms with Crippen LogP contribution in [0.4, 0.5) is 15.3 Å². The number of piperazine rings is 1. The molecule has 3 aromatic rings. The Labute approximate surface area is 269 Å². The van der Waals surface area contributed by atoms with Gasteiger partial charge in [-0.3, -0.25) is 14.8 Å². The van der Waals surface area contributed by atoms with Gasteiger partial charge in [-0.25, -0.2) is 9.59 Å². The molecule has 12 nitrogen and oxygen atoms in total. The predicted molar refractivity (Wildman–Crippen MR) is 177 cm³/mol. The standard InChI is InChI=1S/C34H45N9O3/c44-32(41-19-17-40(18-20-41)27-7-12-35-13-8-27)31(22-24-5-6-30-26(21-24)23-36-39-30)38-33(45)42-14-10-28(11-15-42)43-16-9-25-3-1-2-4-29(25)37-34(43)46/h1-6,21,23,27-28,31,35H,7-20,22H2,(H,36,39)(H,37,46)(H,38,45). The minimum Gasteiger partial charge on any atom is -0.338 e. The number of nitrogens with one attached hydrogen (secondary N) is 4. The number of aromatic nitrogens is 2. The van der Waals surface area contributed by atoms with Crippen molar-refractivity contribution >= 4 is 34.6 Å². The molecule has 2 aromatic carbocycles. The topological polar surface area (TPSA) is 129 Å². The van der Waals surface area contributed by atoms with E-state index >= 15 is 0 Å². The molecule has 244 valence electrons. The number of aromatic amines is 1. The fourth-order valence-corrected chi connectivity index (χ4v) is 7.61. The smallest absolute Gasteiger partial charge is 0.322 e. The van der Waals surface area contributed by atoms with Gasteiger partial charge in [0.15, 0.2) is 0 Å². The Morgan fingerprint density at radius 1 is 0.891 bits per heavy atom. The lowest BCUT2D eigenvalue weighted by atomic mass is 10.0. The Morgan fingerprint density at radius 3 is 2.48 bits per heavy atom. The van der Waals surface area contributed by atoms with Crippen LogP contribution < -0.4 is 16.0 Å². The molecule has 0 bridgehead atoms. The van der Waals surface area contributed by atoms with Crippen LogP contribution in [0, 0.1) is 0 Å². The van der Waals surface area contributed by atoms with E-state index in [1.54, 1.807) is 11.1 Å². The van der Waals surface area contributed by atoms with Crippen LogP contribution in [0.3, 0.4) is 0 Å². The van der Waals surface area contributed by atoms with Gasteiger partial charge < -0.3 is 30.7 Å². The van der Waals surface area contributed by atoms with Crippen molar-refractivity contribution in [3.05, 3.63) is 59.8 Å². The van der Waals surface area contributed by atoms with Crippen molar-refractivity contribution in [2.24, 2.45) is 0 Å². The summed E-state index contributed by atoms with van der Waals surface area (Å²) in [5.74, 6) is -0.0266. The van der Waals surface area contributed by atoms with Crippen molar-refractivity contribution in [2.45, 2.75) is 56.7 Å². The van der Waals surface area contributed by atoms with E-state index in [4.69, 9.17) is 0 Å². The number of nitrogens with zero attached hydrogens (tertiary/aromatic N) is 5. The maximum atomic E-state index is 14.0. The lowest BCUT2D eigenvalue weighted by Gasteiger charge is -2.42. The normalized spacial score (nSPS) is 21.0. The molecule has 3 fully saturated rings. The van der Waals surface area contributed by atoms with E-state index in [-0.39, 0.29) is 24.0 Å². The summed E-state index contributed by atoms with van der Waals surface area (Å²) in [4.78, 5) is 49.0. The second-order valence-electron chi connectivity index (χ2n) is 13.1. The van der Waals surface area contributed by atoms with Gasteiger partial charge in [0, 0.05) is 75.4 Å². The molecule has 0 aliphatic carbocycles. The first kappa shape index (κ1) is 30.5. The van der Waals surface area contributed by atoms with E-state index in [2.05, 4.69) is 37.1 Å². The zero-order valence-corrected chi connectivity index (χ0v) is 26.4. The van der Waals surface area contributed by atoms with Crippen LogP contribution in [0.25, 0.3) is 10.9 Å². The highest BCUT2D eigenvalue weighted by Crippen LogP contribution is 2.25. The number of amides is 5. The number of benzene rings is 2. The number of piperidine rings is 2. The second kappa shape index (κ2) is 13.7. The number of rotatable bonds is 6. The van der Waals surface area contributed by atoms with E-state index in [1.165, 1.54) is 0 Å². The van der Waals surface area contributed by atoms with Gasteiger partial charge in [-0.2, -0.15) is 5.10 Å². The molecule has 4 aliphatic rings.